The van der Waals surface area contributed by atoms with Crippen LogP contribution in [-0.4, -0.2) is 29.8 Å². The van der Waals surface area contributed by atoms with Crippen LogP contribution in [0, 0.1) is 6.92 Å². The van der Waals surface area contributed by atoms with Crippen molar-refractivity contribution < 1.29 is 37.3 Å². The van der Waals surface area contributed by atoms with Crippen molar-refractivity contribution in [1.29, 1.82) is 0 Å². The maximum atomic E-state index is 13.1. The largest absolute Gasteiger partial charge is 0.497 e. The molecule has 0 amide bonds. The van der Waals surface area contributed by atoms with Crippen molar-refractivity contribution in [2.45, 2.75) is 19.7 Å². The van der Waals surface area contributed by atoms with Gasteiger partial charge < -0.3 is 19.3 Å². The summed E-state index contributed by atoms with van der Waals surface area (Å²) in [6, 6.07) is 17.3. The monoisotopic (exact) mass is 529 g/mol. The van der Waals surface area contributed by atoms with Gasteiger partial charge in [0.1, 0.15) is 28.9 Å². The van der Waals surface area contributed by atoms with Crippen molar-refractivity contribution in [1.82, 2.24) is 4.98 Å². The third-order valence-electron chi connectivity index (χ3n) is 5.35. The third-order valence-corrected chi connectivity index (χ3v) is 6.43. The number of carboxylic acids is 1. The number of benzene rings is 3. The van der Waals surface area contributed by atoms with Gasteiger partial charge >= 0.3 is 12.1 Å². The summed E-state index contributed by atoms with van der Waals surface area (Å²) < 4.78 is 55.7. The van der Waals surface area contributed by atoms with Crippen LogP contribution in [0.15, 0.2) is 66.7 Å². The summed E-state index contributed by atoms with van der Waals surface area (Å²) in [4.78, 5) is 16.2. The van der Waals surface area contributed by atoms with Crippen molar-refractivity contribution in [3.63, 3.8) is 0 Å². The van der Waals surface area contributed by atoms with Gasteiger partial charge in [-0.15, -0.1) is 11.3 Å². The molecule has 0 atom stereocenters. The van der Waals surface area contributed by atoms with E-state index in [1.165, 1.54) is 23.5 Å². The summed E-state index contributed by atoms with van der Waals surface area (Å²) in [6.45, 7) is 1.45. The first-order valence-electron chi connectivity index (χ1n) is 11.0. The van der Waals surface area contributed by atoms with Crippen LogP contribution in [-0.2, 0) is 17.6 Å². The number of carboxylic acid groups (broad SMARTS) is 1. The first-order chi connectivity index (χ1) is 17.6. The lowest BCUT2D eigenvalue weighted by Gasteiger charge is -2.09. The molecule has 0 aliphatic heterocycles. The van der Waals surface area contributed by atoms with E-state index in [4.69, 9.17) is 24.3 Å². The van der Waals surface area contributed by atoms with E-state index in [-0.39, 0.29) is 6.61 Å². The molecule has 0 saturated heterocycles. The van der Waals surface area contributed by atoms with Gasteiger partial charge in [0, 0.05) is 5.56 Å². The number of alkyl halides is 3. The van der Waals surface area contributed by atoms with Gasteiger partial charge in [0.2, 0.25) is 0 Å². The summed E-state index contributed by atoms with van der Waals surface area (Å²) in [7, 11) is 1.55. The predicted molar refractivity (Wildman–Crippen MR) is 133 cm³/mol. The number of hydrogen-bond acceptors (Lipinski definition) is 6. The highest BCUT2D eigenvalue weighted by atomic mass is 32.1. The SMILES string of the molecule is COc1cccc(-c2nc(COc3ccc(OCC(=O)O)c(C)c3)sc2-c2ccc(C(F)(F)F)cc2)c1. The van der Waals surface area contributed by atoms with Crippen LogP contribution in [0.2, 0.25) is 0 Å². The second-order valence-corrected chi connectivity index (χ2v) is 9.07. The zero-order valence-corrected chi connectivity index (χ0v) is 20.7. The van der Waals surface area contributed by atoms with Gasteiger partial charge in [-0.05, 0) is 60.5 Å². The van der Waals surface area contributed by atoms with Crippen LogP contribution in [0.4, 0.5) is 13.2 Å². The second kappa shape index (κ2) is 10.9. The number of thiazole rings is 1. The van der Waals surface area contributed by atoms with E-state index in [0.29, 0.717) is 44.0 Å². The molecule has 10 heteroatoms. The van der Waals surface area contributed by atoms with E-state index in [2.05, 4.69) is 0 Å². The maximum absolute atomic E-state index is 13.1. The Morgan fingerprint density at radius 1 is 0.973 bits per heavy atom. The number of carbonyl (C=O) groups is 1. The molecule has 0 bridgehead atoms. The average molecular weight is 530 g/mol. The summed E-state index contributed by atoms with van der Waals surface area (Å²) in [5, 5.41) is 9.41. The third kappa shape index (κ3) is 6.39. The Balaban J connectivity index is 1.62. The smallest absolute Gasteiger partial charge is 0.416 e. The Labute approximate surface area is 214 Å². The highest BCUT2D eigenvalue weighted by Gasteiger charge is 2.30. The molecule has 0 aliphatic rings. The number of aliphatic carboxylic acids is 1. The fraction of sp³-hybridized carbons (Fsp3) is 0.185. The quantitative estimate of drug-likeness (QED) is 0.255. The van der Waals surface area contributed by atoms with Crippen molar-refractivity contribution >= 4 is 17.3 Å². The molecule has 0 radical (unpaired) electrons. The van der Waals surface area contributed by atoms with Gasteiger partial charge in [0.05, 0.1) is 23.2 Å². The van der Waals surface area contributed by atoms with Crippen LogP contribution < -0.4 is 14.2 Å². The van der Waals surface area contributed by atoms with Crippen molar-refractivity contribution in [3.8, 4) is 38.9 Å². The van der Waals surface area contributed by atoms with Gasteiger partial charge in [-0.25, -0.2) is 9.78 Å². The number of halogens is 3. The van der Waals surface area contributed by atoms with Crippen molar-refractivity contribution in [2.24, 2.45) is 0 Å². The van der Waals surface area contributed by atoms with E-state index in [0.717, 1.165) is 17.7 Å². The zero-order chi connectivity index (χ0) is 26.6. The number of rotatable bonds is 9. The molecule has 0 saturated carbocycles. The molecule has 37 heavy (non-hydrogen) atoms. The zero-order valence-electron chi connectivity index (χ0n) is 19.8. The van der Waals surface area contributed by atoms with E-state index >= 15 is 0 Å². The van der Waals surface area contributed by atoms with Crippen LogP contribution >= 0.6 is 11.3 Å². The standard InChI is InChI=1S/C27H22F3NO5S/c1-16-12-21(10-11-22(16)36-15-24(32)33)35-14-23-31-25(18-4-3-5-20(13-18)34-2)26(37-23)17-6-8-19(9-7-17)27(28,29)30/h3-13H,14-15H2,1-2H3,(H,32,33). The van der Waals surface area contributed by atoms with Crippen LogP contribution in [0.1, 0.15) is 16.1 Å². The average Bonchev–Trinajstić information content (AvgIpc) is 3.31. The van der Waals surface area contributed by atoms with Crippen molar-refractivity contribution in [3.05, 3.63) is 82.9 Å². The van der Waals surface area contributed by atoms with Gasteiger partial charge in [-0.3, -0.25) is 0 Å². The van der Waals surface area contributed by atoms with E-state index in [1.807, 2.05) is 18.2 Å². The van der Waals surface area contributed by atoms with E-state index in [9.17, 15) is 18.0 Å². The molecular formula is C27H22F3NO5S. The minimum atomic E-state index is -4.42. The van der Waals surface area contributed by atoms with Gasteiger partial charge in [0.15, 0.2) is 6.61 Å². The van der Waals surface area contributed by atoms with Gasteiger partial charge in [-0.1, -0.05) is 24.3 Å². The Morgan fingerprint density at radius 3 is 2.38 bits per heavy atom. The number of aromatic nitrogens is 1. The maximum Gasteiger partial charge on any atom is 0.416 e. The molecule has 3 aromatic carbocycles. The molecule has 1 heterocycles. The summed E-state index contributed by atoms with van der Waals surface area (Å²) in [5.74, 6) is 0.532. The lowest BCUT2D eigenvalue weighted by Crippen LogP contribution is -2.10. The topological polar surface area (TPSA) is 77.9 Å². The Hall–Kier alpha value is -4.05. The van der Waals surface area contributed by atoms with Crippen molar-refractivity contribution in [2.75, 3.05) is 13.7 Å². The van der Waals surface area contributed by atoms with Gasteiger partial charge in [-0.2, -0.15) is 13.2 Å². The molecule has 4 aromatic rings. The molecule has 1 aromatic heterocycles. The lowest BCUT2D eigenvalue weighted by molar-refractivity contribution is -0.139. The highest BCUT2D eigenvalue weighted by molar-refractivity contribution is 7.15. The Morgan fingerprint density at radius 2 is 1.73 bits per heavy atom. The summed E-state index contributed by atoms with van der Waals surface area (Å²) >= 11 is 1.32. The van der Waals surface area contributed by atoms with Crippen LogP contribution in [0.25, 0.3) is 21.7 Å². The summed E-state index contributed by atoms with van der Waals surface area (Å²) in [6.07, 6.45) is -4.42. The molecular weight excluding hydrogens is 507 g/mol. The molecule has 0 aliphatic carbocycles. The van der Waals surface area contributed by atoms with E-state index in [1.54, 1.807) is 38.3 Å². The molecule has 192 valence electrons. The Bertz CT molecular complexity index is 1400. The molecule has 1 N–H and O–H groups in total. The lowest BCUT2D eigenvalue weighted by atomic mass is 10.0. The van der Waals surface area contributed by atoms with Gasteiger partial charge in [0.25, 0.3) is 0 Å². The first kappa shape index (κ1) is 26.0. The number of methoxy groups -OCH3 is 1. The number of hydrogen-bond donors (Lipinski definition) is 1. The number of ether oxygens (including phenoxy) is 3. The van der Waals surface area contributed by atoms with E-state index < -0.39 is 24.3 Å². The van der Waals surface area contributed by atoms with Crippen LogP contribution in [0.5, 0.6) is 17.2 Å². The van der Waals surface area contributed by atoms with Crippen LogP contribution in [0.3, 0.4) is 0 Å². The molecule has 6 nitrogen and oxygen atoms in total. The number of nitrogens with zero attached hydrogens (tertiary/aromatic N) is 1. The molecule has 0 fully saturated rings. The first-order valence-corrected chi connectivity index (χ1v) is 11.9. The second-order valence-electron chi connectivity index (χ2n) is 7.99. The summed E-state index contributed by atoms with van der Waals surface area (Å²) in [5.41, 5.74) is 1.95. The predicted octanol–water partition coefficient (Wildman–Crippen LogP) is 6.86. The highest BCUT2D eigenvalue weighted by Crippen LogP contribution is 2.39. The number of aryl methyl sites for hydroxylation is 1. The fourth-order valence-electron chi connectivity index (χ4n) is 3.56. The fourth-order valence-corrected chi connectivity index (χ4v) is 4.56. The minimum absolute atomic E-state index is 0.122. The normalized spacial score (nSPS) is 11.3. The Kier molecular flexibility index (Phi) is 7.68. The minimum Gasteiger partial charge on any atom is -0.497 e. The molecule has 4 rings (SSSR count). The molecule has 0 unspecified atom stereocenters. The molecule has 0 spiro atoms.